The third-order valence-electron chi connectivity index (χ3n) is 11.0. The summed E-state index contributed by atoms with van der Waals surface area (Å²) in [5, 5.41) is 39.8. The minimum absolute atomic E-state index is 0.00931. The lowest BCUT2D eigenvalue weighted by molar-refractivity contribution is -0.136. The minimum atomic E-state index is -1.12. The van der Waals surface area contributed by atoms with Gasteiger partial charge in [0.05, 0.1) is 22.7 Å². The van der Waals surface area contributed by atoms with E-state index in [1.54, 1.807) is 0 Å². The Morgan fingerprint density at radius 3 is 2.44 bits per heavy atom. The maximum Gasteiger partial charge on any atom is 0.269 e. The van der Waals surface area contributed by atoms with Gasteiger partial charge >= 0.3 is 0 Å². The van der Waals surface area contributed by atoms with E-state index in [1.807, 2.05) is 24.3 Å². The normalized spacial score (nSPS) is 16.8. The third-order valence-corrected chi connectivity index (χ3v) is 11.0. The molecule has 0 bridgehead atoms. The van der Waals surface area contributed by atoms with Crippen LogP contribution < -0.4 is 26.0 Å². The number of fused-ring (bicyclic) bond motifs is 2. The van der Waals surface area contributed by atoms with Crippen LogP contribution in [0.2, 0.25) is 0 Å². The van der Waals surface area contributed by atoms with Crippen LogP contribution in [0.1, 0.15) is 105 Å². The molecule has 0 spiro atoms. The van der Waals surface area contributed by atoms with Crippen molar-refractivity contribution in [2.24, 2.45) is 0 Å². The van der Waals surface area contributed by atoms with Gasteiger partial charge in [0, 0.05) is 51.2 Å². The summed E-state index contributed by atoms with van der Waals surface area (Å²) < 4.78 is 5.60. The first-order chi connectivity index (χ1) is 30.2. The minimum Gasteiger partial charge on any atom is -0.507 e. The molecule has 1 aliphatic carbocycles. The second-order valence-corrected chi connectivity index (χ2v) is 15.4. The second kappa shape index (κ2) is 20.5. The van der Waals surface area contributed by atoms with E-state index in [2.05, 4.69) is 21.3 Å². The Kier molecular flexibility index (Phi) is 14.7. The van der Waals surface area contributed by atoms with Crippen LogP contribution in [0.4, 0.5) is 0 Å². The molecule has 3 aromatic rings. The van der Waals surface area contributed by atoms with Crippen molar-refractivity contribution in [3.8, 4) is 11.5 Å². The van der Waals surface area contributed by atoms with Crippen LogP contribution in [0.25, 0.3) is 5.76 Å². The van der Waals surface area contributed by atoms with Crippen LogP contribution in [0.5, 0.6) is 11.5 Å². The predicted molar refractivity (Wildman–Crippen MR) is 227 cm³/mol. The number of imide groups is 2. The Morgan fingerprint density at radius 2 is 1.67 bits per heavy atom. The third kappa shape index (κ3) is 10.9. The number of nitrogens with zero attached hydrogens (tertiary/aromatic N) is 2. The molecule has 6 rings (SSSR count). The van der Waals surface area contributed by atoms with Crippen molar-refractivity contribution >= 4 is 58.7 Å². The van der Waals surface area contributed by atoms with E-state index in [1.165, 1.54) is 48.3 Å². The molecular formula is C45H49N7O11. The van der Waals surface area contributed by atoms with Gasteiger partial charge < -0.3 is 35.8 Å². The Hall–Kier alpha value is -7.37. The standard InChI is InChI=1S/C45H49N7O11/c1-51(43(60)29-16-14-27(23-35(29)54)34(53)24-31(46)41(58)49-32-17-15-26-9-5-6-10-28(26)32)22-21-48-37(55)13-4-2-3-7-20-47-39(57)25-63-36-12-8-11-30-40(36)45(62)52(44(30)61)33-18-19-38(56)50-42(33)59/h5-6,8-12,14,16,23-24,32-33,46,53-54H,2-4,7,13,15,17-22,25H2,1H3,(H,47,57)(H,48,55)(H,49,58)(H,50,56,59)/b34-24-,46-31?. The monoisotopic (exact) mass is 863 g/mol. The van der Waals surface area contributed by atoms with E-state index >= 15 is 0 Å². The molecule has 3 aromatic carbocycles. The highest BCUT2D eigenvalue weighted by molar-refractivity contribution is 6.43. The number of aromatic hydroxyl groups is 1. The van der Waals surface area contributed by atoms with E-state index in [9.17, 15) is 48.6 Å². The second-order valence-electron chi connectivity index (χ2n) is 15.4. The fraction of sp³-hybridized carbons (Fsp3) is 0.356. The van der Waals surface area contributed by atoms with E-state index < -0.39 is 71.2 Å². The number of nitrogens with one attached hydrogen (secondary N) is 5. The van der Waals surface area contributed by atoms with Gasteiger partial charge in [0.2, 0.25) is 17.7 Å². The Labute approximate surface area is 362 Å². The van der Waals surface area contributed by atoms with Gasteiger partial charge in [-0.1, -0.05) is 49.2 Å². The summed E-state index contributed by atoms with van der Waals surface area (Å²) in [5.41, 5.74) is 1.74. The molecule has 330 valence electrons. The van der Waals surface area contributed by atoms with E-state index in [-0.39, 0.29) is 72.3 Å². The van der Waals surface area contributed by atoms with Crippen LogP contribution >= 0.6 is 0 Å². The molecule has 0 radical (unpaired) electrons. The lowest BCUT2D eigenvalue weighted by atomic mass is 10.0. The number of piperidine rings is 1. The molecular weight excluding hydrogens is 815 g/mol. The van der Waals surface area contributed by atoms with Crippen molar-refractivity contribution in [3.05, 3.63) is 100 Å². The van der Waals surface area contributed by atoms with Crippen LogP contribution in [0.3, 0.4) is 0 Å². The Bertz CT molecular complexity index is 2380. The van der Waals surface area contributed by atoms with Gasteiger partial charge in [-0.3, -0.25) is 54.0 Å². The molecule has 0 saturated carbocycles. The van der Waals surface area contributed by atoms with Crippen molar-refractivity contribution in [2.45, 2.75) is 69.9 Å². The summed E-state index contributed by atoms with van der Waals surface area (Å²) >= 11 is 0. The summed E-state index contributed by atoms with van der Waals surface area (Å²) in [6, 6.07) is 14.7. The van der Waals surface area contributed by atoms with Crippen molar-refractivity contribution in [1.29, 1.82) is 5.41 Å². The zero-order valence-corrected chi connectivity index (χ0v) is 34.7. The van der Waals surface area contributed by atoms with Gasteiger partial charge in [-0.05, 0) is 67.5 Å². The lowest BCUT2D eigenvalue weighted by Gasteiger charge is -2.27. The largest absolute Gasteiger partial charge is 0.507 e. The average Bonchev–Trinajstić information content (AvgIpc) is 3.78. The molecule has 63 heavy (non-hydrogen) atoms. The molecule has 2 unspecified atom stereocenters. The summed E-state index contributed by atoms with van der Waals surface area (Å²) in [5.74, 6) is -5.26. The number of aryl methyl sites for hydroxylation is 1. The van der Waals surface area contributed by atoms with Gasteiger partial charge in [-0.15, -0.1) is 0 Å². The number of unbranched alkanes of at least 4 members (excludes halogenated alkanes) is 3. The lowest BCUT2D eigenvalue weighted by Crippen LogP contribution is -2.54. The predicted octanol–water partition coefficient (Wildman–Crippen LogP) is 2.85. The number of hydrogen-bond acceptors (Lipinski definition) is 12. The number of aliphatic hydroxyl groups excluding tert-OH is 1. The summed E-state index contributed by atoms with van der Waals surface area (Å²) in [7, 11) is 1.52. The summed E-state index contributed by atoms with van der Waals surface area (Å²) in [6.07, 6.45) is 5.46. The van der Waals surface area contributed by atoms with Gasteiger partial charge in [0.1, 0.15) is 29.0 Å². The molecule has 18 heteroatoms. The molecule has 2 atom stereocenters. The SMILES string of the molecule is CN(CCNC(=O)CCCCCCNC(=O)COc1cccc2c1C(=O)N(C1CCC(=O)NC1=O)C2=O)C(=O)c1ccc(/C(O)=C/C(=N)C(=O)NC2CCc3ccccc32)cc1O. The van der Waals surface area contributed by atoms with Gasteiger partial charge in [0.15, 0.2) is 6.61 Å². The molecule has 1 saturated heterocycles. The number of phenolic OH excluding ortho intramolecular Hbond substituents is 1. The summed E-state index contributed by atoms with van der Waals surface area (Å²) in [4.78, 5) is 103. The van der Waals surface area contributed by atoms with Crippen LogP contribution in [-0.2, 0) is 30.4 Å². The molecule has 3 aliphatic rings. The first kappa shape index (κ1) is 45.2. The number of carbonyl (C=O) groups is 8. The maximum atomic E-state index is 13.2. The first-order valence-electron chi connectivity index (χ1n) is 20.7. The number of amides is 8. The average molecular weight is 864 g/mol. The van der Waals surface area contributed by atoms with Crippen molar-refractivity contribution in [2.75, 3.05) is 33.3 Å². The summed E-state index contributed by atoms with van der Waals surface area (Å²) in [6.45, 7) is 0.250. The van der Waals surface area contributed by atoms with Gasteiger partial charge in [0.25, 0.3) is 29.5 Å². The van der Waals surface area contributed by atoms with Crippen molar-refractivity contribution in [1.82, 2.24) is 31.1 Å². The highest BCUT2D eigenvalue weighted by Gasteiger charge is 2.46. The number of aliphatic hydroxyl groups is 1. The van der Waals surface area contributed by atoms with E-state index in [4.69, 9.17) is 10.1 Å². The quantitative estimate of drug-likeness (QED) is 0.0399. The zero-order valence-electron chi connectivity index (χ0n) is 34.7. The molecule has 2 aliphatic heterocycles. The fourth-order valence-electron chi connectivity index (χ4n) is 7.65. The molecule has 1 fully saturated rings. The highest BCUT2D eigenvalue weighted by atomic mass is 16.5. The molecule has 7 N–H and O–H groups in total. The number of carbonyl (C=O) groups excluding carboxylic acids is 8. The molecule has 0 aromatic heterocycles. The number of benzene rings is 3. The number of hydrogen-bond donors (Lipinski definition) is 7. The zero-order chi connectivity index (χ0) is 45.2. The maximum absolute atomic E-state index is 13.2. The number of phenols is 1. The van der Waals surface area contributed by atoms with Crippen molar-refractivity contribution < 1.29 is 53.3 Å². The molecule has 2 heterocycles. The molecule has 18 nitrogen and oxygen atoms in total. The van der Waals surface area contributed by atoms with Crippen LogP contribution in [0.15, 0.2) is 66.7 Å². The van der Waals surface area contributed by atoms with Gasteiger partial charge in [-0.25, -0.2) is 0 Å². The Morgan fingerprint density at radius 1 is 0.905 bits per heavy atom. The number of likely N-dealkylation sites (N-methyl/N-ethyl adjacent to an activating group) is 1. The highest BCUT2D eigenvalue weighted by Crippen LogP contribution is 2.34. The Balaban J connectivity index is 0.832. The van der Waals surface area contributed by atoms with E-state index in [0.717, 1.165) is 41.4 Å². The van der Waals surface area contributed by atoms with Crippen LogP contribution in [0, 0.1) is 5.41 Å². The number of rotatable bonds is 19. The van der Waals surface area contributed by atoms with Crippen molar-refractivity contribution in [3.63, 3.8) is 0 Å². The smallest absolute Gasteiger partial charge is 0.269 e. The molecule has 8 amide bonds. The fourth-order valence-corrected chi connectivity index (χ4v) is 7.65. The number of ether oxygens (including phenoxy) is 1. The first-order valence-corrected chi connectivity index (χ1v) is 20.7. The van der Waals surface area contributed by atoms with Crippen LogP contribution in [-0.4, -0.2) is 112 Å². The van der Waals surface area contributed by atoms with E-state index in [0.29, 0.717) is 25.8 Å². The van der Waals surface area contributed by atoms with Gasteiger partial charge in [-0.2, -0.15) is 0 Å². The topological polar surface area (TPSA) is 265 Å².